The van der Waals surface area contributed by atoms with Gasteiger partial charge in [0.05, 0.1) is 6.07 Å². The van der Waals surface area contributed by atoms with Crippen LogP contribution in [-0.2, 0) is 5.41 Å². The largest absolute Gasteiger partial charge is 0.298 e. The first-order valence-electron chi connectivity index (χ1n) is 7.75. The highest BCUT2D eigenvalue weighted by Gasteiger charge is 2.38. The quantitative estimate of drug-likeness (QED) is 0.804. The molecule has 1 aliphatic heterocycles. The van der Waals surface area contributed by atoms with Crippen LogP contribution in [-0.4, -0.2) is 23.5 Å². The molecule has 1 fully saturated rings. The van der Waals surface area contributed by atoms with Gasteiger partial charge in [-0.25, -0.2) is 0 Å². The van der Waals surface area contributed by atoms with Crippen LogP contribution in [0.1, 0.15) is 52.0 Å². The van der Waals surface area contributed by atoms with Gasteiger partial charge >= 0.3 is 0 Å². The first-order chi connectivity index (χ1) is 9.87. The molecule has 0 aromatic heterocycles. The summed E-state index contributed by atoms with van der Waals surface area (Å²) in [5, 5.41) is 9.78. The Hall–Kier alpha value is -1.04. The van der Waals surface area contributed by atoms with Gasteiger partial charge in [-0.3, -0.25) is 4.90 Å². The van der Waals surface area contributed by atoms with E-state index in [2.05, 4.69) is 43.9 Å². The van der Waals surface area contributed by atoms with Crippen LogP contribution in [0.4, 0.5) is 0 Å². The van der Waals surface area contributed by atoms with Gasteiger partial charge < -0.3 is 0 Å². The van der Waals surface area contributed by atoms with Crippen molar-refractivity contribution < 1.29 is 0 Å². The van der Waals surface area contributed by atoms with E-state index in [1.165, 1.54) is 5.56 Å². The molecule has 0 aliphatic carbocycles. The Kier molecular flexibility index (Phi) is 4.96. The zero-order valence-corrected chi connectivity index (χ0v) is 14.1. The topological polar surface area (TPSA) is 27.0 Å². The molecular formula is C18H25ClN2. The Bertz CT molecular complexity index is 500. The van der Waals surface area contributed by atoms with Crippen molar-refractivity contribution in [2.24, 2.45) is 0 Å². The van der Waals surface area contributed by atoms with Crippen molar-refractivity contribution >= 4 is 11.6 Å². The molecule has 1 aromatic rings. The van der Waals surface area contributed by atoms with Gasteiger partial charge in [0.15, 0.2) is 0 Å². The molecule has 1 heterocycles. The summed E-state index contributed by atoms with van der Waals surface area (Å²) in [5.41, 5.74) is 1.71. The summed E-state index contributed by atoms with van der Waals surface area (Å²) in [6, 6.07) is 10.6. The molecule has 0 spiro atoms. The first-order valence-corrected chi connectivity index (χ1v) is 8.13. The van der Waals surface area contributed by atoms with Crippen LogP contribution < -0.4 is 0 Å². The van der Waals surface area contributed by atoms with Crippen molar-refractivity contribution in [3.8, 4) is 6.07 Å². The molecule has 0 bridgehead atoms. The summed E-state index contributed by atoms with van der Waals surface area (Å²) in [7, 11) is 0. The molecule has 0 N–H and O–H groups in total. The minimum Gasteiger partial charge on any atom is -0.298 e. The van der Waals surface area contributed by atoms with Crippen LogP contribution in [0.25, 0.3) is 0 Å². The summed E-state index contributed by atoms with van der Waals surface area (Å²) in [5.74, 6) is 0. The maximum atomic E-state index is 9.00. The third-order valence-corrected chi connectivity index (χ3v) is 5.09. The van der Waals surface area contributed by atoms with Crippen LogP contribution >= 0.6 is 11.6 Å². The molecule has 0 unspecified atom stereocenters. The van der Waals surface area contributed by atoms with E-state index in [9.17, 15) is 0 Å². The van der Waals surface area contributed by atoms with E-state index in [1.54, 1.807) is 0 Å². The molecule has 21 heavy (non-hydrogen) atoms. The lowest BCUT2D eigenvalue weighted by atomic mass is 9.69. The van der Waals surface area contributed by atoms with E-state index in [0.29, 0.717) is 6.42 Å². The van der Waals surface area contributed by atoms with Crippen molar-refractivity contribution in [1.82, 2.24) is 4.90 Å². The van der Waals surface area contributed by atoms with Gasteiger partial charge in [-0.15, -0.1) is 0 Å². The molecular weight excluding hydrogens is 280 g/mol. The molecule has 1 aliphatic rings. The molecule has 114 valence electrons. The van der Waals surface area contributed by atoms with E-state index in [4.69, 9.17) is 16.9 Å². The van der Waals surface area contributed by atoms with Crippen LogP contribution in [0.2, 0.25) is 5.02 Å². The second-order valence-electron chi connectivity index (χ2n) is 7.10. The molecule has 1 aromatic carbocycles. The number of nitriles is 1. The molecule has 0 amide bonds. The number of hydrogen-bond donors (Lipinski definition) is 0. The average Bonchev–Trinajstić information content (AvgIpc) is 2.45. The van der Waals surface area contributed by atoms with E-state index in [1.807, 2.05) is 12.1 Å². The fourth-order valence-electron chi connectivity index (χ4n) is 3.39. The predicted molar refractivity (Wildman–Crippen MR) is 88.5 cm³/mol. The standard InChI is InChI=1S/C18H25ClN2/c1-17(2,3)21-13-10-18(11-14-21,9-4-12-20)15-5-7-16(19)8-6-15/h5-8H,4,9-11,13-14H2,1-3H3. The highest BCUT2D eigenvalue weighted by molar-refractivity contribution is 6.30. The first kappa shape index (κ1) is 16.3. The molecule has 1 saturated heterocycles. The number of nitrogens with zero attached hydrogens (tertiary/aromatic N) is 2. The lowest BCUT2D eigenvalue weighted by Gasteiger charge is -2.47. The van der Waals surface area contributed by atoms with Gasteiger partial charge in [0.25, 0.3) is 0 Å². The Morgan fingerprint density at radius 1 is 1.19 bits per heavy atom. The Morgan fingerprint density at radius 2 is 1.76 bits per heavy atom. The summed E-state index contributed by atoms with van der Waals surface area (Å²) >= 11 is 6.02. The van der Waals surface area contributed by atoms with Crippen LogP contribution in [0.3, 0.4) is 0 Å². The van der Waals surface area contributed by atoms with Gasteiger partial charge in [0, 0.05) is 17.0 Å². The highest BCUT2D eigenvalue weighted by atomic mass is 35.5. The minimum atomic E-state index is 0.141. The van der Waals surface area contributed by atoms with Crippen molar-refractivity contribution in [1.29, 1.82) is 5.26 Å². The second-order valence-corrected chi connectivity index (χ2v) is 7.54. The second kappa shape index (κ2) is 6.38. The maximum Gasteiger partial charge on any atom is 0.0622 e. The Morgan fingerprint density at radius 3 is 2.24 bits per heavy atom. The lowest BCUT2D eigenvalue weighted by Crippen LogP contribution is -2.50. The van der Waals surface area contributed by atoms with Crippen molar-refractivity contribution in [2.45, 2.75) is 57.4 Å². The van der Waals surface area contributed by atoms with E-state index in [-0.39, 0.29) is 11.0 Å². The fourth-order valence-corrected chi connectivity index (χ4v) is 3.51. The number of piperidine rings is 1. The van der Waals surface area contributed by atoms with Crippen LogP contribution in [0, 0.1) is 11.3 Å². The molecule has 2 nitrogen and oxygen atoms in total. The normalized spacial score (nSPS) is 19.2. The molecule has 0 saturated carbocycles. The smallest absolute Gasteiger partial charge is 0.0622 e. The van der Waals surface area contributed by atoms with E-state index in [0.717, 1.165) is 37.4 Å². The number of halogens is 1. The summed E-state index contributed by atoms with van der Waals surface area (Å²) in [4.78, 5) is 2.55. The Balaban J connectivity index is 2.21. The molecule has 3 heteroatoms. The fraction of sp³-hybridized carbons (Fsp3) is 0.611. The predicted octanol–water partition coefficient (Wildman–Crippen LogP) is 4.78. The summed E-state index contributed by atoms with van der Waals surface area (Å²) in [6.45, 7) is 9.02. The van der Waals surface area contributed by atoms with Crippen LogP contribution in [0.15, 0.2) is 24.3 Å². The van der Waals surface area contributed by atoms with E-state index >= 15 is 0 Å². The van der Waals surface area contributed by atoms with Gasteiger partial charge in [0.2, 0.25) is 0 Å². The highest BCUT2D eigenvalue weighted by Crippen LogP contribution is 2.41. The zero-order valence-electron chi connectivity index (χ0n) is 13.3. The van der Waals surface area contributed by atoms with Crippen molar-refractivity contribution in [3.63, 3.8) is 0 Å². The maximum absolute atomic E-state index is 9.00. The van der Waals surface area contributed by atoms with Crippen molar-refractivity contribution in [3.05, 3.63) is 34.9 Å². The molecule has 2 rings (SSSR count). The van der Waals surface area contributed by atoms with Crippen LogP contribution in [0.5, 0.6) is 0 Å². The number of likely N-dealkylation sites (tertiary alicyclic amines) is 1. The lowest BCUT2D eigenvalue weighted by molar-refractivity contribution is 0.0714. The van der Waals surface area contributed by atoms with Gasteiger partial charge in [-0.2, -0.15) is 5.26 Å². The monoisotopic (exact) mass is 304 g/mol. The minimum absolute atomic E-state index is 0.141. The van der Waals surface area contributed by atoms with Gasteiger partial charge in [0.1, 0.15) is 0 Å². The molecule has 0 atom stereocenters. The number of hydrogen-bond acceptors (Lipinski definition) is 2. The van der Waals surface area contributed by atoms with Gasteiger partial charge in [-0.05, 0) is 76.2 Å². The third-order valence-electron chi connectivity index (χ3n) is 4.84. The average molecular weight is 305 g/mol. The van der Waals surface area contributed by atoms with E-state index < -0.39 is 0 Å². The van der Waals surface area contributed by atoms with Gasteiger partial charge in [-0.1, -0.05) is 23.7 Å². The summed E-state index contributed by atoms with van der Waals surface area (Å²) < 4.78 is 0. The number of rotatable bonds is 3. The summed E-state index contributed by atoms with van der Waals surface area (Å²) in [6.07, 6.45) is 3.81. The Labute approximate surface area is 133 Å². The van der Waals surface area contributed by atoms with Crippen molar-refractivity contribution in [2.75, 3.05) is 13.1 Å². The zero-order chi connectivity index (χ0) is 15.5. The number of benzene rings is 1. The molecule has 0 radical (unpaired) electrons. The SMILES string of the molecule is CC(C)(C)N1CCC(CCC#N)(c2ccc(Cl)cc2)CC1. The third kappa shape index (κ3) is 3.78.